The zero-order valence-corrected chi connectivity index (χ0v) is 12.6. The molecule has 5 nitrogen and oxygen atoms in total. The summed E-state index contributed by atoms with van der Waals surface area (Å²) >= 11 is 0. The first-order valence-electron chi connectivity index (χ1n) is 7.50. The quantitative estimate of drug-likeness (QED) is 0.921. The maximum absolute atomic E-state index is 14.4. The summed E-state index contributed by atoms with van der Waals surface area (Å²) in [5.74, 6) is -4.18. The van der Waals surface area contributed by atoms with Crippen LogP contribution in [0.5, 0.6) is 0 Å². The van der Waals surface area contributed by atoms with Gasteiger partial charge in [0.2, 0.25) is 0 Å². The number of fused-ring (bicyclic) bond motifs is 2. The second-order valence-corrected chi connectivity index (χ2v) is 6.19. The minimum absolute atomic E-state index is 0.0832. The van der Waals surface area contributed by atoms with E-state index in [0.29, 0.717) is 0 Å². The largest absolute Gasteiger partial charge is 0.445 e. The molecule has 23 heavy (non-hydrogen) atoms. The zero-order chi connectivity index (χ0) is 16.5. The summed E-state index contributed by atoms with van der Waals surface area (Å²) in [5, 5.41) is 9.50. The van der Waals surface area contributed by atoms with Crippen LogP contribution in [0.2, 0.25) is 0 Å². The highest BCUT2D eigenvalue weighted by Gasteiger charge is 2.64. The molecule has 0 saturated carbocycles. The van der Waals surface area contributed by atoms with Gasteiger partial charge in [0.05, 0.1) is 31.2 Å². The number of piperidine rings is 1. The zero-order valence-electron chi connectivity index (χ0n) is 12.6. The molecule has 2 saturated heterocycles. The molecule has 3 rings (SSSR count). The second kappa shape index (κ2) is 6.05. The lowest BCUT2D eigenvalue weighted by atomic mass is 9.71. The summed E-state index contributed by atoms with van der Waals surface area (Å²) in [6.45, 7) is -1.46. The number of hydrogen-bond donors (Lipinski definition) is 1. The normalized spacial score (nSPS) is 29.2. The van der Waals surface area contributed by atoms with E-state index in [9.17, 15) is 18.7 Å². The van der Waals surface area contributed by atoms with Gasteiger partial charge in [-0.1, -0.05) is 30.3 Å². The van der Waals surface area contributed by atoms with Crippen molar-refractivity contribution in [3.05, 3.63) is 35.9 Å². The molecule has 2 atom stereocenters. The third-order valence-corrected chi connectivity index (χ3v) is 4.62. The molecule has 0 radical (unpaired) electrons. The first-order chi connectivity index (χ1) is 11.0. The van der Waals surface area contributed by atoms with Crippen LogP contribution in [-0.2, 0) is 16.1 Å². The molecule has 1 amide bonds. The van der Waals surface area contributed by atoms with Crippen molar-refractivity contribution < 1.29 is 28.2 Å². The van der Waals surface area contributed by atoms with Crippen molar-refractivity contribution in [3.8, 4) is 0 Å². The number of ether oxygens (including phenoxy) is 2. The topological polar surface area (TPSA) is 59.0 Å². The van der Waals surface area contributed by atoms with Crippen molar-refractivity contribution in [2.24, 2.45) is 11.3 Å². The van der Waals surface area contributed by atoms with E-state index in [-0.39, 0.29) is 32.9 Å². The van der Waals surface area contributed by atoms with E-state index in [1.807, 2.05) is 30.3 Å². The number of alkyl halides is 2. The van der Waals surface area contributed by atoms with Crippen LogP contribution in [0.25, 0.3) is 0 Å². The van der Waals surface area contributed by atoms with Gasteiger partial charge in [-0.25, -0.2) is 13.6 Å². The van der Waals surface area contributed by atoms with Crippen LogP contribution in [0.4, 0.5) is 13.6 Å². The Labute approximate surface area is 132 Å². The lowest BCUT2D eigenvalue weighted by molar-refractivity contribution is -0.273. The molecule has 2 heterocycles. The lowest BCUT2D eigenvalue weighted by Crippen LogP contribution is -2.68. The predicted octanol–water partition coefficient (Wildman–Crippen LogP) is 1.90. The van der Waals surface area contributed by atoms with Gasteiger partial charge in [0.1, 0.15) is 6.61 Å². The maximum atomic E-state index is 14.4. The van der Waals surface area contributed by atoms with Gasteiger partial charge in [-0.2, -0.15) is 0 Å². The number of likely N-dealkylation sites (tertiary alicyclic amines) is 1. The first-order valence-corrected chi connectivity index (χ1v) is 7.50. The van der Waals surface area contributed by atoms with Gasteiger partial charge < -0.3 is 19.5 Å². The average Bonchev–Trinajstić information content (AvgIpc) is 2.53. The van der Waals surface area contributed by atoms with Gasteiger partial charge in [-0.3, -0.25) is 0 Å². The number of benzene rings is 1. The van der Waals surface area contributed by atoms with Crippen LogP contribution in [0.15, 0.2) is 30.3 Å². The summed E-state index contributed by atoms with van der Waals surface area (Å²) < 4.78 is 39.3. The molecule has 2 aliphatic heterocycles. The third kappa shape index (κ3) is 2.79. The van der Waals surface area contributed by atoms with Crippen molar-refractivity contribution >= 4 is 6.09 Å². The average molecular weight is 327 g/mol. The van der Waals surface area contributed by atoms with Crippen LogP contribution >= 0.6 is 0 Å². The molecule has 2 unspecified atom stereocenters. The van der Waals surface area contributed by atoms with Crippen molar-refractivity contribution in [1.29, 1.82) is 0 Å². The first kappa shape index (κ1) is 16.1. The molecule has 2 aliphatic rings. The summed E-state index contributed by atoms with van der Waals surface area (Å²) in [6, 6.07) is 9.13. The van der Waals surface area contributed by atoms with E-state index >= 15 is 0 Å². The van der Waals surface area contributed by atoms with Crippen LogP contribution in [-0.4, -0.2) is 54.9 Å². The molecule has 1 aromatic carbocycles. The summed E-state index contributed by atoms with van der Waals surface area (Å²) in [7, 11) is 0. The van der Waals surface area contributed by atoms with Crippen LogP contribution < -0.4 is 0 Å². The maximum Gasteiger partial charge on any atom is 0.410 e. The Morgan fingerprint density at radius 2 is 2.13 bits per heavy atom. The molecule has 7 heteroatoms. The molecular formula is C16H19F2NO4. The summed E-state index contributed by atoms with van der Waals surface area (Å²) in [6.07, 6.45) is -0.644. The highest BCUT2D eigenvalue weighted by Crippen LogP contribution is 2.49. The number of amides is 1. The number of aliphatic hydroxyl groups excluding tert-OH is 1. The van der Waals surface area contributed by atoms with Crippen molar-refractivity contribution in [3.63, 3.8) is 0 Å². The van der Waals surface area contributed by atoms with E-state index < -0.39 is 30.0 Å². The third-order valence-electron chi connectivity index (χ3n) is 4.62. The van der Waals surface area contributed by atoms with E-state index in [1.165, 1.54) is 4.90 Å². The Bertz CT molecular complexity index is 568. The van der Waals surface area contributed by atoms with Gasteiger partial charge in [-0.05, 0) is 5.56 Å². The Morgan fingerprint density at radius 1 is 1.39 bits per heavy atom. The van der Waals surface area contributed by atoms with E-state index in [1.54, 1.807) is 0 Å². The Balaban J connectivity index is 1.68. The van der Waals surface area contributed by atoms with Gasteiger partial charge in [0, 0.05) is 13.1 Å². The number of carbonyl (C=O) groups is 1. The van der Waals surface area contributed by atoms with Gasteiger partial charge in [-0.15, -0.1) is 0 Å². The minimum atomic E-state index is -3.06. The number of hydrogen-bond acceptors (Lipinski definition) is 4. The Hall–Kier alpha value is -1.73. The molecule has 0 spiro atoms. The number of nitrogens with zero attached hydrogens (tertiary/aromatic N) is 1. The summed E-state index contributed by atoms with van der Waals surface area (Å²) in [5.41, 5.74) is -0.927. The van der Waals surface area contributed by atoms with Crippen LogP contribution in [0.1, 0.15) is 5.56 Å². The standard InChI is InChI=1S/C16H19F2NO4/c17-16(18)13-6-19(9-15(16,10-20)11-22-8-13)14(21)23-7-12-4-2-1-3-5-12/h1-5,13,20H,6-11H2. The Kier molecular flexibility index (Phi) is 4.25. The highest BCUT2D eigenvalue weighted by atomic mass is 19.3. The highest BCUT2D eigenvalue weighted by molar-refractivity contribution is 5.68. The molecule has 1 N–H and O–H groups in total. The van der Waals surface area contributed by atoms with Crippen LogP contribution in [0.3, 0.4) is 0 Å². The van der Waals surface area contributed by atoms with Crippen molar-refractivity contribution in [1.82, 2.24) is 4.90 Å². The van der Waals surface area contributed by atoms with Gasteiger partial charge in [0.15, 0.2) is 0 Å². The lowest BCUT2D eigenvalue weighted by Gasteiger charge is -2.53. The number of carbonyl (C=O) groups excluding carboxylic acids is 1. The van der Waals surface area contributed by atoms with E-state index in [0.717, 1.165) is 5.56 Å². The molecule has 1 aromatic rings. The Morgan fingerprint density at radius 3 is 2.83 bits per heavy atom. The van der Waals surface area contributed by atoms with Gasteiger partial charge >= 0.3 is 6.09 Å². The van der Waals surface area contributed by atoms with Crippen LogP contribution in [0, 0.1) is 11.3 Å². The molecular weight excluding hydrogens is 308 g/mol. The fourth-order valence-corrected chi connectivity index (χ4v) is 3.20. The second-order valence-electron chi connectivity index (χ2n) is 6.19. The SMILES string of the molecule is O=C(OCc1ccccc1)N1CC2COCC(CO)(C1)C2(F)F. The van der Waals surface area contributed by atoms with Crippen molar-refractivity contribution in [2.45, 2.75) is 12.5 Å². The smallest absolute Gasteiger partial charge is 0.410 e. The van der Waals surface area contributed by atoms with Gasteiger partial charge in [0.25, 0.3) is 5.92 Å². The van der Waals surface area contributed by atoms with E-state index in [2.05, 4.69) is 0 Å². The molecule has 0 aliphatic carbocycles. The fourth-order valence-electron chi connectivity index (χ4n) is 3.20. The predicted molar refractivity (Wildman–Crippen MR) is 77.0 cm³/mol. The molecule has 2 fully saturated rings. The molecule has 0 aromatic heterocycles. The number of aliphatic hydroxyl groups is 1. The number of rotatable bonds is 3. The monoisotopic (exact) mass is 327 g/mol. The minimum Gasteiger partial charge on any atom is -0.445 e. The van der Waals surface area contributed by atoms with E-state index in [4.69, 9.17) is 9.47 Å². The fraction of sp³-hybridized carbons (Fsp3) is 0.562. The molecule has 2 bridgehead atoms. The van der Waals surface area contributed by atoms with Crippen molar-refractivity contribution in [2.75, 3.05) is 32.9 Å². The molecule has 126 valence electrons. The summed E-state index contributed by atoms with van der Waals surface area (Å²) in [4.78, 5) is 13.5. The number of halogens is 2.